The van der Waals surface area contributed by atoms with Crippen LogP contribution in [0, 0.1) is 0 Å². The molecule has 0 unspecified atom stereocenters. The van der Waals surface area contributed by atoms with E-state index >= 15 is 0 Å². The van der Waals surface area contributed by atoms with Crippen molar-refractivity contribution in [3.8, 4) is 11.7 Å². The Labute approximate surface area is 156 Å². The average molecular weight is 380 g/mol. The normalized spacial score (nSPS) is 11.6. The van der Waals surface area contributed by atoms with Gasteiger partial charge in [0.1, 0.15) is 21.3 Å². The van der Waals surface area contributed by atoms with Gasteiger partial charge in [-0.2, -0.15) is 0 Å². The summed E-state index contributed by atoms with van der Waals surface area (Å²) >= 11 is 2.95. The molecule has 1 aromatic carbocycles. The van der Waals surface area contributed by atoms with Crippen LogP contribution in [0.5, 0.6) is 0 Å². The second-order valence-electron chi connectivity index (χ2n) is 5.56. The number of para-hydroxylation sites is 1. The van der Waals surface area contributed by atoms with Crippen LogP contribution in [0.2, 0.25) is 0 Å². The van der Waals surface area contributed by atoms with Gasteiger partial charge in [-0.15, -0.1) is 21.5 Å². The van der Waals surface area contributed by atoms with Crippen LogP contribution in [-0.4, -0.2) is 20.2 Å². The smallest absolute Gasteiger partial charge is 0.284 e. The standard InChI is InChI=1S/C18H12N4O2S2/c1-2-14-19-16-11(7-8-25-16)17(20-14)26-18-22-21-15(24-18)13-9-10-5-3-4-6-12(10)23-13/h3-9H,2H2,1H3. The fourth-order valence-electron chi connectivity index (χ4n) is 2.63. The first-order chi connectivity index (χ1) is 12.8. The number of aromatic nitrogens is 4. The van der Waals surface area contributed by atoms with E-state index in [1.165, 1.54) is 11.8 Å². The molecule has 0 aliphatic heterocycles. The quantitative estimate of drug-likeness (QED) is 0.396. The summed E-state index contributed by atoms with van der Waals surface area (Å²) < 4.78 is 11.6. The molecule has 0 saturated heterocycles. The highest BCUT2D eigenvalue weighted by atomic mass is 32.2. The van der Waals surface area contributed by atoms with Crippen LogP contribution < -0.4 is 0 Å². The summed E-state index contributed by atoms with van der Waals surface area (Å²) in [6.07, 6.45) is 0.773. The lowest BCUT2D eigenvalue weighted by Gasteiger charge is -2.01. The number of thiophene rings is 1. The summed E-state index contributed by atoms with van der Waals surface area (Å²) in [5.74, 6) is 1.72. The summed E-state index contributed by atoms with van der Waals surface area (Å²) in [6, 6.07) is 11.7. The third kappa shape index (κ3) is 2.67. The Bertz CT molecular complexity index is 1190. The van der Waals surface area contributed by atoms with E-state index in [1.54, 1.807) is 11.3 Å². The Balaban J connectivity index is 1.50. The molecule has 8 heteroatoms. The Morgan fingerprint density at radius 2 is 2.00 bits per heavy atom. The van der Waals surface area contributed by atoms with E-state index in [-0.39, 0.29) is 0 Å². The highest BCUT2D eigenvalue weighted by Crippen LogP contribution is 2.35. The van der Waals surface area contributed by atoms with Gasteiger partial charge in [-0.1, -0.05) is 25.1 Å². The van der Waals surface area contributed by atoms with Gasteiger partial charge in [-0.25, -0.2) is 9.97 Å². The molecule has 0 fully saturated rings. The topological polar surface area (TPSA) is 77.8 Å². The van der Waals surface area contributed by atoms with Crippen LogP contribution in [0.3, 0.4) is 0 Å². The van der Waals surface area contributed by atoms with Crippen molar-refractivity contribution in [3.63, 3.8) is 0 Å². The highest BCUT2D eigenvalue weighted by molar-refractivity contribution is 7.99. The summed E-state index contributed by atoms with van der Waals surface area (Å²) in [5, 5.41) is 13.5. The lowest BCUT2D eigenvalue weighted by Crippen LogP contribution is -1.94. The van der Waals surface area contributed by atoms with Gasteiger partial charge < -0.3 is 8.83 Å². The number of fused-ring (bicyclic) bond motifs is 2. The van der Waals surface area contributed by atoms with E-state index < -0.39 is 0 Å². The molecule has 0 atom stereocenters. The van der Waals surface area contributed by atoms with E-state index in [0.29, 0.717) is 16.9 Å². The van der Waals surface area contributed by atoms with Crippen molar-refractivity contribution in [2.75, 3.05) is 0 Å². The number of nitrogens with zero attached hydrogens (tertiary/aromatic N) is 4. The highest BCUT2D eigenvalue weighted by Gasteiger charge is 2.17. The SMILES string of the molecule is CCc1nc(Sc2nnc(-c3cc4ccccc4o3)o2)c2ccsc2n1. The van der Waals surface area contributed by atoms with Gasteiger partial charge in [-0.05, 0) is 35.3 Å². The van der Waals surface area contributed by atoms with Crippen LogP contribution in [0.4, 0.5) is 0 Å². The molecule has 128 valence electrons. The van der Waals surface area contributed by atoms with Crippen molar-refractivity contribution in [2.45, 2.75) is 23.6 Å². The van der Waals surface area contributed by atoms with Gasteiger partial charge in [0, 0.05) is 17.2 Å². The molecule has 0 spiro atoms. The van der Waals surface area contributed by atoms with Crippen LogP contribution in [-0.2, 0) is 6.42 Å². The molecular formula is C18H12N4O2S2. The lowest BCUT2D eigenvalue weighted by molar-refractivity contribution is 0.451. The second kappa shape index (κ2) is 6.22. The first-order valence-electron chi connectivity index (χ1n) is 8.04. The largest absolute Gasteiger partial charge is 0.451 e. The molecule has 6 nitrogen and oxygen atoms in total. The molecule has 4 aromatic heterocycles. The Kier molecular flexibility index (Phi) is 3.72. The lowest BCUT2D eigenvalue weighted by atomic mass is 10.2. The Hall–Kier alpha value is -2.71. The molecule has 0 aliphatic carbocycles. The van der Waals surface area contributed by atoms with Crippen molar-refractivity contribution < 1.29 is 8.83 Å². The number of rotatable bonds is 4. The zero-order valence-corrected chi connectivity index (χ0v) is 15.3. The van der Waals surface area contributed by atoms with Gasteiger partial charge in [-0.3, -0.25) is 0 Å². The molecule has 5 rings (SSSR count). The molecule has 0 radical (unpaired) electrons. The summed E-state index contributed by atoms with van der Waals surface area (Å²) in [5.41, 5.74) is 0.790. The predicted octanol–water partition coefficient (Wildman–Crippen LogP) is 5.20. The minimum atomic E-state index is 0.357. The number of hydrogen-bond acceptors (Lipinski definition) is 8. The van der Waals surface area contributed by atoms with E-state index in [1.807, 2.05) is 48.7 Å². The molecule has 0 saturated carbocycles. The van der Waals surface area contributed by atoms with Gasteiger partial charge in [0.15, 0.2) is 5.76 Å². The monoisotopic (exact) mass is 380 g/mol. The van der Waals surface area contributed by atoms with Gasteiger partial charge in [0.25, 0.3) is 11.1 Å². The molecule has 0 bridgehead atoms. The fourth-order valence-corrected chi connectivity index (χ4v) is 4.27. The van der Waals surface area contributed by atoms with Crippen molar-refractivity contribution in [1.82, 2.24) is 20.2 Å². The van der Waals surface area contributed by atoms with Crippen molar-refractivity contribution in [3.05, 3.63) is 47.6 Å². The van der Waals surface area contributed by atoms with Crippen LogP contribution in [0.1, 0.15) is 12.7 Å². The number of benzene rings is 1. The summed E-state index contributed by atoms with van der Waals surface area (Å²) in [7, 11) is 0. The molecule has 26 heavy (non-hydrogen) atoms. The summed E-state index contributed by atoms with van der Waals surface area (Å²) in [4.78, 5) is 10.1. The van der Waals surface area contributed by atoms with E-state index in [0.717, 1.165) is 38.5 Å². The molecule has 0 amide bonds. The van der Waals surface area contributed by atoms with Crippen LogP contribution in [0.25, 0.3) is 32.8 Å². The van der Waals surface area contributed by atoms with Crippen molar-refractivity contribution >= 4 is 44.3 Å². The maximum Gasteiger partial charge on any atom is 0.284 e. The van der Waals surface area contributed by atoms with E-state index in [4.69, 9.17) is 8.83 Å². The van der Waals surface area contributed by atoms with E-state index in [9.17, 15) is 0 Å². The predicted molar refractivity (Wildman–Crippen MR) is 100 cm³/mol. The Morgan fingerprint density at radius 1 is 1.08 bits per heavy atom. The summed E-state index contributed by atoms with van der Waals surface area (Å²) in [6.45, 7) is 2.04. The maximum atomic E-state index is 5.79. The van der Waals surface area contributed by atoms with Gasteiger partial charge in [0.05, 0.1) is 0 Å². The van der Waals surface area contributed by atoms with Crippen molar-refractivity contribution in [1.29, 1.82) is 0 Å². The molecule has 0 N–H and O–H groups in total. The third-order valence-electron chi connectivity index (χ3n) is 3.88. The van der Waals surface area contributed by atoms with Gasteiger partial charge in [0.2, 0.25) is 0 Å². The Morgan fingerprint density at radius 3 is 2.88 bits per heavy atom. The van der Waals surface area contributed by atoms with Crippen LogP contribution >= 0.6 is 23.1 Å². The molecule has 0 aliphatic rings. The zero-order chi connectivity index (χ0) is 17.5. The minimum Gasteiger partial charge on any atom is -0.451 e. The number of furan rings is 1. The van der Waals surface area contributed by atoms with E-state index in [2.05, 4.69) is 20.2 Å². The van der Waals surface area contributed by atoms with Crippen LogP contribution in [0.15, 0.2) is 60.9 Å². The molecule has 5 aromatic rings. The zero-order valence-electron chi connectivity index (χ0n) is 13.7. The first-order valence-corrected chi connectivity index (χ1v) is 9.74. The number of aryl methyl sites for hydroxylation is 1. The van der Waals surface area contributed by atoms with Crippen molar-refractivity contribution in [2.24, 2.45) is 0 Å². The second-order valence-corrected chi connectivity index (χ2v) is 7.40. The fraction of sp³-hybridized carbons (Fsp3) is 0.111. The molecule has 4 heterocycles. The average Bonchev–Trinajstić information content (AvgIpc) is 3.39. The maximum absolute atomic E-state index is 5.79. The minimum absolute atomic E-state index is 0.357. The third-order valence-corrected chi connectivity index (χ3v) is 5.53. The molecular weight excluding hydrogens is 368 g/mol. The van der Waals surface area contributed by atoms with Gasteiger partial charge >= 0.3 is 0 Å². The number of hydrogen-bond donors (Lipinski definition) is 0. The first kappa shape index (κ1) is 15.5.